The van der Waals surface area contributed by atoms with Gasteiger partial charge in [-0.1, -0.05) is 0 Å². The van der Waals surface area contributed by atoms with Crippen molar-refractivity contribution in [1.29, 1.82) is 0 Å². The van der Waals surface area contributed by atoms with Gasteiger partial charge in [0.2, 0.25) is 0 Å². The predicted octanol–water partition coefficient (Wildman–Crippen LogP) is 1.96. The highest BCUT2D eigenvalue weighted by molar-refractivity contribution is 5.96. The Labute approximate surface area is 65.9 Å². The molecule has 0 aromatic heterocycles. The topological polar surface area (TPSA) is 37.3 Å². The lowest BCUT2D eigenvalue weighted by Gasteiger charge is -2.21. The van der Waals surface area contributed by atoms with Gasteiger partial charge in [-0.15, -0.1) is 0 Å². The number of carbonyl (C=O) groups excluding carboxylic acids is 1. The third kappa shape index (κ3) is 1.06. The molecule has 2 aliphatic carbocycles. The van der Waals surface area contributed by atoms with Gasteiger partial charge in [0, 0.05) is 12.0 Å². The number of carbonyl (C=O) groups is 1. The van der Waals surface area contributed by atoms with Crippen LogP contribution in [0.25, 0.3) is 0 Å². The molecule has 0 unspecified atom stereocenters. The summed E-state index contributed by atoms with van der Waals surface area (Å²) in [5, 5.41) is 8.74. The Kier molecular flexibility index (Phi) is 1.31. The fraction of sp³-hybridized carbons (Fsp3) is 0.667. The summed E-state index contributed by atoms with van der Waals surface area (Å²) in [5.41, 5.74) is 1.08. The summed E-state index contributed by atoms with van der Waals surface area (Å²) in [6, 6.07) is 0. The summed E-state index contributed by atoms with van der Waals surface area (Å²) in [6.45, 7) is 0. The second-order valence-electron chi connectivity index (χ2n) is 3.75. The van der Waals surface area contributed by atoms with Crippen LogP contribution >= 0.6 is 0 Å². The summed E-state index contributed by atoms with van der Waals surface area (Å²) in [7, 11) is 0. The third-order valence-electron chi connectivity index (χ3n) is 2.92. The van der Waals surface area contributed by atoms with Crippen LogP contribution in [0.15, 0.2) is 11.8 Å². The molecule has 11 heavy (non-hydrogen) atoms. The second kappa shape index (κ2) is 2.10. The minimum absolute atomic E-state index is 0.144. The quantitative estimate of drug-likeness (QED) is 0.425. The molecule has 0 saturated heterocycles. The first-order valence-corrected chi connectivity index (χ1v) is 4.12. The Morgan fingerprint density at radius 1 is 1.36 bits per heavy atom. The smallest absolute Gasteiger partial charge is 0.161 e. The van der Waals surface area contributed by atoms with Gasteiger partial charge in [0.25, 0.3) is 0 Å². The first-order valence-electron chi connectivity index (χ1n) is 4.12. The van der Waals surface area contributed by atoms with Gasteiger partial charge in [0.15, 0.2) is 5.78 Å². The van der Waals surface area contributed by atoms with Crippen LogP contribution in [0, 0.1) is 5.41 Å². The summed E-state index contributed by atoms with van der Waals surface area (Å²) >= 11 is 0. The van der Waals surface area contributed by atoms with Crippen molar-refractivity contribution in [3.8, 4) is 0 Å². The average Bonchev–Trinajstić information content (AvgIpc) is 2.76. The Hall–Kier alpha value is -0.790. The van der Waals surface area contributed by atoms with E-state index in [9.17, 15) is 4.79 Å². The molecular weight excluding hydrogens is 140 g/mol. The number of Topliss-reactive ketones (excluding diaryl/α,β-unsaturated/α-hetero) is 1. The maximum absolute atomic E-state index is 11.1. The minimum atomic E-state index is 0.144. The fourth-order valence-corrected chi connectivity index (χ4v) is 1.85. The Balaban J connectivity index is 2.14. The number of hydrogen-bond acceptors (Lipinski definition) is 2. The molecule has 0 radical (unpaired) electrons. The largest absolute Gasteiger partial charge is 0.515 e. The standard InChI is InChI=1S/C9H12O2/c10-6-7-5-9(3-4-9)2-1-8(7)11/h6,10H,1-5H2/b7-6-. The minimum Gasteiger partial charge on any atom is -0.515 e. The highest BCUT2D eigenvalue weighted by atomic mass is 16.2. The van der Waals surface area contributed by atoms with E-state index in [1.807, 2.05) is 0 Å². The molecular formula is C9H12O2. The molecule has 0 aromatic carbocycles. The fourth-order valence-electron chi connectivity index (χ4n) is 1.85. The number of hydrogen-bond donors (Lipinski definition) is 1. The first-order chi connectivity index (χ1) is 5.26. The lowest BCUT2D eigenvalue weighted by molar-refractivity contribution is -0.117. The van der Waals surface area contributed by atoms with E-state index >= 15 is 0 Å². The number of aliphatic hydroxyl groups excluding tert-OH is 1. The molecule has 0 aliphatic heterocycles. The molecule has 0 bridgehead atoms. The summed E-state index contributed by atoms with van der Waals surface area (Å²) in [6.07, 6.45) is 6.01. The zero-order valence-corrected chi connectivity index (χ0v) is 6.47. The van der Waals surface area contributed by atoms with Crippen molar-refractivity contribution >= 4 is 5.78 Å². The molecule has 0 aromatic rings. The Morgan fingerprint density at radius 2 is 2.09 bits per heavy atom. The molecule has 1 N–H and O–H groups in total. The van der Waals surface area contributed by atoms with Crippen LogP contribution in [-0.2, 0) is 4.79 Å². The van der Waals surface area contributed by atoms with E-state index in [1.54, 1.807) is 0 Å². The van der Waals surface area contributed by atoms with Crippen LogP contribution in [0.2, 0.25) is 0 Å². The van der Waals surface area contributed by atoms with E-state index in [4.69, 9.17) is 5.11 Å². The monoisotopic (exact) mass is 152 g/mol. The van der Waals surface area contributed by atoms with E-state index in [1.165, 1.54) is 12.8 Å². The second-order valence-corrected chi connectivity index (χ2v) is 3.75. The van der Waals surface area contributed by atoms with Gasteiger partial charge in [-0.3, -0.25) is 4.79 Å². The normalized spacial score (nSPS) is 31.3. The molecule has 2 saturated carbocycles. The molecule has 2 nitrogen and oxygen atoms in total. The van der Waals surface area contributed by atoms with Crippen molar-refractivity contribution in [2.24, 2.45) is 5.41 Å². The van der Waals surface area contributed by atoms with Crippen LogP contribution in [0.5, 0.6) is 0 Å². The summed E-state index contributed by atoms with van der Waals surface area (Å²) < 4.78 is 0. The lowest BCUT2D eigenvalue weighted by Crippen LogP contribution is -2.17. The first kappa shape index (κ1) is 6.89. The highest BCUT2D eigenvalue weighted by Crippen LogP contribution is 2.56. The summed E-state index contributed by atoms with van der Waals surface area (Å²) in [5.74, 6) is 0.144. The van der Waals surface area contributed by atoms with Gasteiger partial charge in [-0.05, 0) is 31.1 Å². The van der Waals surface area contributed by atoms with Crippen molar-refractivity contribution in [1.82, 2.24) is 0 Å². The number of aliphatic hydroxyl groups is 1. The number of rotatable bonds is 0. The van der Waals surface area contributed by atoms with Crippen LogP contribution in [0.3, 0.4) is 0 Å². The van der Waals surface area contributed by atoms with E-state index in [0.717, 1.165) is 19.1 Å². The lowest BCUT2D eigenvalue weighted by atomic mass is 9.83. The maximum atomic E-state index is 11.1. The van der Waals surface area contributed by atoms with Gasteiger partial charge in [0.05, 0.1) is 6.26 Å². The molecule has 0 heterocycles. The molecule has 60 valence electrons. The number of ketones is 1. The van der Waals surface area contributed by atoms with Gasteiger partial charge in [-0.25, -0.2) is 0 Å². The molecule has 2 rings (SSSR count). The molecule has 1 spiro atoms. The highest BCUT2D eigenvalue weighted by Gasteiger charge is 2.46. The summed E-state index contributed by atoms with van der Waals surface area (Å²) in [4.78, 5) is 11.1. The van der Waals surface area contributed by atoms with Crippen molar-refractivity contribution in [2.75, 3.05) is 0 Å². The van der Waals surface area contributed by atoms with Crippen molar-refractivity contribution in [2.45, 2.75) is 32.1 Å². The molecule has 2 fully saturated rings. The molecule has 2 aliphatic rings. The van der Waals surface area contributed by atoms with E-state index in [-0.39, 0.29) is 5.78 Å². The average molecular weight is 152 g/mol. The van der Waals surface area contributed by atoms with Crippen LogP contribution < -0.4 is 0 Å². The van der Waals surface area contributed by atoms with Crippen LogP contribution in [0.4, 0.5) is 0 Å². The van der Waals surface area contributed by atoms with Gasteiger partial charge < -0.3 is 5.11 Å². The van der Waals surface area contributed by atoms with Gasteiger partial charge in [-0.2, -0.15) is 0 Å². The van der Waals surface area contributed by atoms with E-state index in [0.29, 0.717) is 17.4 Å². The van der Waals surface area contributed by atoms with Crippen LogP contribution in [0.1, 0.15) is 32.1 Å². The Bertz CT molecular complexity index is 224. The molecule has 0 amide bonds. The van der Waals surface area contributed by atoms with Crippen molar-refractivity contribution in [3.05, 3.63) is 11.8 Å². The molecule has 2 heteroatoms. The van der Waals surface area contributed by atoms with Gasteiger partial charge >= 0.3 is 0 Å². The van der Waals surface area contributed by atoms with Crippen molar-refractivity contribution in [3.63, 3.8) is 0 Å². The maximum Gasteiger partial charge on any atom is 0.161 e. The van der Waals surface area contributed by atoms with Crippen LogP contribution in [-0.4, -0.2) is 10.9 Å². The van der Waals surface area contributed by atoms with Crippen molar-refractivity contribution < 1.29 is 9.90 Å². The zero-order valence-electron chi connectivity index (χ0n) is 6.47. The predicted molar refractivity (Wildman–Crippen MR) is 41.2 cm³/mol. The zero-order chi connectivity index (χ0) is 7.90. The SMILES string of the molecule is O=C1CCC2(CC2)C/C1=C/O. The third-order valence-corrected chi connectivity index (χ3v) is 2.92. The van der Waals surface area contributed by atoms with Gasteiger partial charge in [0.1, 0.15) is 0 Å². The van der Waals surface area contributed by atoms with E-state index < -0.39 is 0 Å². The molecule has 0 atom stereocenters. The Morgan fingerprint density at radius 3 is 2.64 bits per heavy atom. The van der Waals surface area contributed by atoms with E-state index in [2.05, 4.69) is 0 Å². The number of allylic oxidation sites excluding steroid dienone is 1.